The van der Waals surface area contributed by atoms with E-state index in [0.29, 0.717) is 5.56 Å². The second-order valence-electron chi connectivity index (χ2n) is 4.89. The zero-order chi connectivity index (χ0) is 13.9. The van der Waals surface area contributed by atoms with Crippen molar-refractivity contribution in [2.75, 3.05) is 6.54 Å². The summed E-state index contributed by atoms with van der Waals surface area (Å²) in [5, 5.41) is 16.4. The van der Waals surface area contributed by atoms with Crippen molar-refractivity contribution in [1.82, 2.24) is 0 Å². The van der Waals surface area contributed by atoms with Gasteiger partial charge < -0.3 is 5.11 Å². The Morgan fingerprint density at radius 2 is 1.75 bits per heavy atom. The van der Waals surface area contributed by atoms with Crippen LogP contribution in [0, 0.1) is 0 Å². The second kappa shape index (κ2) is 5.29. The Morgan fingerprint density at radius 1 is 1.05 bits per heavy atom. The molecule has 2 aromatic rings. The highest BCUT2D eigenvalue weighted by atomic mass is 16.3. The molecule has 0 saturated carbocycles. The number of benzene rings is 2. The minimum Gasteiger partial charge on any atom is -0.854 e. The Hall–Kier alpha value is -2.42. The van der Waals surface area contributed by atoms with Gasteiger partial charge in [0.1, 0.15) is 0 Å². The fourth-order valence-corrected chi connectivity index (χ4v) is 2.50. The summed E-state index contributed by atoms with van der Waals surface area (Å²) < 4.78 is 1.82. The maximum absolute atomic E-state index is 12.1. The average Bonchev–Trinajstić information content (AvgIpc) is 2.51. The van der Waals surface area contributed by atoms with Gasteiger partial charge in [0.05, 0.1) is 5.90 Å². The van der Waals surface area contributed by atoms with Crippen molar-refractivity contribution in [3.05, 3.63) is 71.3 Å². The zero-order valence-corrected chi connectivity index (χ0v) is 11.4. The highest BCUT2D eigenvalue weighted by Crippen LogP contribution is 2.15. The molecule has 1 aliphatic heterocycles. The predicted molar refractivity (Wildman–Crippen MR) is 78.0 cm³/mol. The van der Waals surface area contributed by atoms with Gasteiger partial charge in [0.15, 0.2) is 6.54 Å². The van der Waals surface area contributed by atoms with Crippen LogP contribution in [0.4, 0.5) is 0 Å². The summed E-state index contributed by atoms with van der Waals surface area (Å²) >= 11 is 0. The molecule has 0 bridgehead atoms. The highest BCUT2D eigenvalue weighted by Gasteiger charge is 2.21. The van der Waals surface area contributed by atoms with Crippen LogP contribution in [0.5, 0.6) is 0 Å². The number of rotatable bonds is 2. The van der Waals surface area contributed by atoms with E-state index in [9.17, 15) is 5.11 Å². The second-order valence-corrected chi connectivity index (χ2v) is 4.89. The van der Waals surface area contributed by atoms with Crippen LogP contribution in [0.25, 0.3) is 0 Å². The molecule has 3 nitrogen and oxygen atoms in total. The molecule has 100 valence electrons. The predicted octanol–water partition coefficient (Wildman–Crippen LogP) is 1.79. The van der Waals surface area contributed by atoms with Crippen molar-refractivity contribution in [2.24, 2.45) is 5.10 Å². The minimum absolute atomic E-state index is 0.190. The van der Waals surface area contributed by atoms with Gasteiger partial charge in [-0.15, -0.1) is 0 Å². The molecule has 0 N–H and O–H groups in total. The fraction of sp³-hybridized carbons (Fsp3) is 0.176. The molecule has 0 saturated heterocycles. The van der Waals surface area contributed by atoms with Crippen LogP contribution < -0.4 is 5.11 Å². The molecule has 1 aliphatic rings. The fourth-order valence-electron chi connectivity index (χ4n) is 2.50. The van der Waals surface area contributed by atoms with E-state index in [2.05, 4.69) is 17.2 Å². The van der Waals surface area contributed by atoms with Crippen LogP contribution in [0.15, 0.2) is 59.7 Å². The molecular weight excluding hydrogens is 248 g/mol. The normalized spacial score (nSPS) is 15.2. The lowest BCUT2D eigenvalue weighted by Crippen LogP contribution is -2.29. The van der Waals surface area contributed by atoms with Crippen molar-refractivity contribution in [1.29, 1.82) is 0 Å². The van der Waals surface area contributed by atoms with Crippen molar-refractivity contribution in [3.63, 3.8) is 0 Å². The molecule has 0 radical (unpaired) electrons. The topological polar surface area (TPSA) is 38.4 Å². The number of nitrogens with zero attached hydrogens (tertiary/aromatic N) is 2. The standard InChI is InChI=1S/C17H16N2O/c1-13-16-10-6-5-7-14(16)11-12-19(13)18-17(20)15-8-3-2-4-9-15/h2-10H,11-12H2,1H3. The molecule has 3 heteroatoms. The molecule has 0 amide bonds. The number of hydrazone groups is 1. The van der Waals surface area contributed by atoms with E-state index in [-0.39, 0.29) is 5.90 Å². The summed E-state index contributed by atoms with van der Waals surface area (Å²) in [5.41, 5.74) is 4.17. The van der Waals surface area contributed by atoms with E-state index in [1.54, 1.807) is 12.1 Å². The Kier molecular flexibility index (Phi) is 3.33. The van der Waals surface area contributed by atoms with Crippen LogP contribution in [0.1, 0.15) is 23.6 Å². The van der Waals surface area contributed by atoms with E-state index < -0.39 is 0 Å². The Labute approximate surface area is 118 Å². The Balaban J connectivity index is 2.00. The Morgan fingerprint density at radius 3 is 2.55 bits per heavy atom. The molecule has 3 rings (SSSR count). The van der Waals surface area contributed by atoms with Gasteiger partial charge in [-0.1, -0.05) is 53.2 Å². The van der Waals surface area contributed by atoms with Gasteiger partial charge >= 0.3 is 0 Å². The molecule has 0 fully saturated rings. The third kappa shape index (κ3) is 2.35. The first-order valence-corrected chi connectivity index (χ1v) is 6.76. The molecular formula is C17H16N2O. The quantitative estimate of drug-likeness (QED) is 0.463. The maximum atomic E-state index is 12.1. The molecule has 0 aliphatic carbocycles. The molecule has 0 unspecified atom stereocenters. The van der Waals surface area contributed by atoms with Crippen LogP contribution in [-0.4, -0.2) is 22.8 Å². The van der Waals surface area contributed by atoms with Crippen LogP contribution in [-0.2, 0) is 6.42 Å². The molecule has 0 aromatic heterocycles. The SMILES string of the molecule is CC1=[N+](/N=C(\[O-])c2ccccc2)CCc2ccccc21. The van der Waals surface area contributed by atoms with Gasteiger partial charge in [0.2, 0.25) is 5.71 Å². The first-order chi connectivity index (χ1) is 9.75. The first-order valence-electron chi connectivity index (χ1n) is 6.76. The molecule has 1 heterocycles. The summed E-state index contributed by atoms with van der Waals surface area (Å²) in [4.78, 5) is 0. The van der Waals surface area contributed by atoms with Crippen LogP contribution in [0.2, 0.25) is 0 Å². The lowest BCUT2D eigenvalue weighted by Gasteiger charge is -2.14. The number of fused-ring (bicyclic) bond motifs is 1. The highest BCUT2D eigenvalue weighted by molar-refractivity contribution is 5.97. The van der Waals surface area contributed by atoms with Crippen molar-refractivity contribution in [3.8, 4) is 0 Å². The summed E-state index contributed by atoms with van der Waals surface area (Å²) in [6.45, 7) is 2.77. The van der Waals surface area contributed by atoms with Gasteiger partial charge in [0, 0.05) is 18.9 Å². The minimum atomic E-state index is -0.190. The summed E-state index contributed by atoms with van der Waals surface area (Å²) in [6, 6.07) is 17.5. The Bertz CT molecular complexity index is 687. The summed E-state index contributed by atoms with van der Waals surface area (Å²) in [5.74, 6) is -0.190. The van der Waals surface area contributed by atoms with Gasteiger partial charge in [-0.2, -0.15) is 0 Å². The van der Waals surface area contributed by atoms with Crippen molar-refractivity contribution in [2.45, 2.75) is 13.3 Å². The van der Waals surface area contributed by atoms with Crippen LogP contribution in [0.3, 0.4) is 0 Å². The monoisotopic (exact) mass is 264 g/mol. The molecule has 2 aromatic carbocycles. The van der Waals surface area contributed by atoms with E-state index in [4.69, 9.17) is 0 Å². The average molecular weight is 264 g/mol. The van der Waals surface area contributed by atoms with E-state index >= 15 is 0 Å². The maximum Gasteiger partial charge on any atom is 0.212 e. The number of hydrogen-bond acceptors (Lipinski definition) is 2. The smallest absolute Gasteiger partial charge is 0.212 e. The third-order valence-corrected chi connectivity index (χ3v) is 3.62. The zero-order valence-electron chi connectivity index (χ0n) is 11.4. The van der Waals surface area contributed by atoms with Gasteiger partial charge in [0.25, 0.3) is 0 Å². The summed E-state index contributed by atoms with van der Waals surface area (Å²) in [6.07, 6.45) is 0.916. The van der Waals surface area contributed by atoms with Crippen LogP contribution >= 0.6 is 0 Å². The van der Waals surface area contributed by atoms with Crippen molar-refractivity contribution >= 4 is 11.6 Å². The largest absolute Gasteiger partial charge is 0.854 e. The third-order valence-electron chi connectivity index (χ3n) is 3.62. The van der Waals surface area contributed by atoms with E-state index in [1.165, 1.54) is 11.1 Å². The molecule has 0 atom stereocenters. The lowest BCUT2D eigenvalue weighted by molar-refractivity contribution is -0.538. The van der Waals surface area contributed by atoms with Gasteiger partial charge in [-0.3, -0.25) is 0 Å². The van der Waals surface area contributed by atoms with E-state index in [1.807, 2.05) is 41.9 Å². The molecule has 20 heavy (non-hydrogen) atoms. The first kappa shape index (κ1) is 12.6. The molecule has 0 spiro atoms. The van der Waals surface area contributed by atoms with Gasteiger partial charge in [-0.05, 0) is 22.3 Å². The van der Waals surface area contributed by atoms with E-state index in [0.717, 1.165) is 18.7 Å². The lowest BCUT2D eigenvalue weighted by atomic mass is 9.98. The van der Waals surface area contributed by atoms with Gasteiger partial charge in [-0.25, -0.2) is 0 Å². The number of hydrogen-bond donors (Lipinski definition) is 0. The summed E-state index contributed by atoms with van der Waals surface area (Å²) in [7, 11) is 0. The van der Waals surface area contributed by atoms with Crippen molar-refractivity contribution < 1.29 is 9.79 Å².